The maximum atomic E-state index is 5.94. The summed E-state index contributed by atoms with van der Waals surface area (Å²) in [6.45, 7) is 3.61. The second-order valence-corrected chi connectivity index (χ2v) is 6.54. The number of allylic oxidation sites excluding steroid dienone is 1. The molecule has 0 radical (unpaired) electrons. The standard InChI is InChI=1S/C21H23ClO2/c1-2-3-4-5-16-14-23-21(24-15-16)19-8-6-17(7-9-19)18-10-12-20(22)13-11-18/h4-13,16,21H,2-3,14-15H2,1H3. The molecule has 0 bridgehead atoms. The van der Waals surface area contributed by atoms with Crippen molar-refractivity contribution in [3.8, 4) is 11.1 Å². The highest BCUT2D eigenvalue weighted by atomic mass is 35.5. The Kier molecular flexibility index (Phi) is 6.08. The Morgan fingerprint density at radius 2 is 1.54 bits per heavy atom. The van der Waals surface area contributed by atoms with Crippen LogP contribution >= 0.6 is 11.6 Å². The second kappa shape index (κ2) is 8.48. The van der Waals surface area contributed by atoms with E-state index in [-0.39, 0.29) is 6.29 Å². The van der Waals surface area contributed by atoms with Gasteiger partial charge in [0.2, 0.25) is 0 Å². The van der Waals surface area contributed by atoms with Gasteiger partial charge in [0.25, 0.3) is 0 Å². The van der Waals surface area contributed by atoms with Crippen LogP contribution in [0.3, 0.4) is 0 Å². The minimum absolute atomic E-state index is 0.264. The Morgan fingerprint density at radius 1 is 0.958 bits per heavy atom. The molecule has 0 spiro atoms. The quantitative estimate of drug-likeness (QED) is 0.618. The van der Waals surface area contributed by atoms with Crippen molar-refractivity contribution in [3.05, 3.63) is 71.3 Å². The second-order valence-electron chi connectivity index (χ2n) is 6.10. The van der Waals surface area contributed by atoms with Gasteiger partial charge in [0.1, 0.15) is 0 Å². The van der Waals surface area contributed by atoms with Crippen molar-refractivity contribution < 1.29 is 9.47 Å². The van der Waals surface area contributed by atoms with Crippen LogP contribution in [0.4, 0.5) is 0 Å². The first kappa shape index (κ1) is 17.2. The molecule has 2 nitrogen and oxygen atoms in total. The first-order valence-electron chi connectivity index (χ1n) is 8.52. The van der Waals surface area contributed by atoms with Crippen molar-refractivity contribution in [1.82, 2.24) is 0 Å². The van der Waals surface area contributed by atoms with Crippen molar-refractivity contribution in [2.24, 2.45) is 5.92 Å². The Bertz CT molecular complexity index is 653. The van der Waals surface area contributed by atoms with Crippen LogP contribution in [-0.2, 0) is 9.47 Å². The van der Waals surface area contributed by atoms with Gasteiger partial charge in [-0.25, -0.2) is 0 Å². The van der Waals surface area contributed by atoms with Crippen molar-refractivity contribution in [1.29, 1.82) is 0 Å². The van der Waals surface area contributed by atoms with Crippen LogP contribution in [-0.4, -0.2) is 13.2 Å². The maximum absolute atomic E-state index is 5.94. The summed E-state index contributed by atoms with van der Waals surface area (Å²) < 4.78 is 11.8. The zero-order chi connectivity index (χ0) is 16.8. The molecule has 1 heterocycles. The fourth-order valence-electron chi connectivity index (χ4n) is 2.75. The highest BCUT2D eigenvalue weighted by molar-refractivity contribution is 6.30. The summed E-state index contributed by atoms with van der Waals surface area (Å²) in [6.07, 6.45) is 6.46. The lowest BCUT2D eigenvalue weighted by Gasteiger charge is -2.28. The molecule has 3 rings (SSSR count). The molecule has 0 amide bonds. The predicted molar refractivity (Wildman–Crippen MR) is 99.1 cm³/mol. The number of unbranched alkanes of at least 4 members (excludes halogenated alkanes) is 1. The van der Waals surface area contributed by atoms with Crippen LogP contribution in [0.25, 0.3) is 11.1 Å². The third kappa shape index (κ3) is 4.47. The summed E-state index contributed by atoms with van der Waals surface area (Å²) in [4.78, 5) is 0. The topological polar surface area (TPSA) is 18.5 Å². The molecule has 1 aliphatic rings. The van der Waals surface area contributed by atoms with E-state index in [1.54, 1.807) is 0 Å². The third-order valence-corrected chi connectivity index (χ3v) is 4.40. The third-order valence-electron chi connectivity index (χ3n) is 4.15. The summed E-state index contributed by atoms with van der Waals surface area (Å²) in [5.41, 5.74) is 3.37. The number of benzene rings is 2. The normalized spacial score (nSPS) is 21.2. The number of rotatable bonds is 5. The Morgan fingerprint density at radius 3 is 2.12 bits per heavy atom. The SMILES string of the molecule is CCCC=CC1COC(c2ccc(-c3ccc(Cl)cc3)cc2)OC1. The van der Waals surface area contributed by atoms with Crippen LogP contribution in [0.1, 0.15) is 31.6 Å². The first-order chi connectivity index (χ1) is 11.8. The molecule has 1 aliphatic heterocycles. The summed E-state index contributed by atoms with van der Waals surface area (Å²) in [6, 6.07) is 16.2. The molecule has 24 heavy (non-hydrogen) atoms. The van der Waals surface area contributed by atoms with Gasteiger partial charge in [-0.3, -0.25) is 0 Å². The highest BCUT2D eigenvalue weighted by Crippen LogP contribution is 2.28. The summed E-state index contributed by atoms with van der Waals surface area (Å²) in [7, 11) is 0. The summed E-state index contributed by atoms with van der Waals surface area (Å²) in [5.74, 6) is 0.362. The molecule has 0 aliphatic carbocycles. The molecule has 0 N–H and O–H groups in total. The number of hydrogen-bond donors (Lipinski definition) is 0. The summed E-state index contributed by atoms with van der Waals surface area (Å²) >= 11 is 5.94. The van der Waals surface area contributed by atoms with Gasteiger partial charge in [-0.15, -0.1) is 0 Å². The van der Waals surface area contributed by atoms with E-state index in [1.807, 2.05) is 24.3 Å². The van der Waals surface area contributed by atoms with E-state index in [2.05, 4.69) is 43.3 Å². The van der Waals surface area contributed by atoms with Crippen LogP contribution < -0.4 is 0 Å². The number of hydrogen-bond acceptors (Lipinski definition) is 2. The van der Waals surface area contributed by atoms with Gasteiger partial charge >= 0.3 is 0 Å². The van der Waals surface area contributed by atoms with Crippen molar-refractivity contribution >= 4 is 11.6 Å². The average molecular weight is 343 g/mol. The lowest BCUT2D eigenvalue weighted by molar-refractivity contribution is -0.197. The first-order valence-corrected chi connectivity index (χ1v) is 8.90. The molecular formula is C21H23ClO2. The smallest absolute Gasteiger partial charge is 0.183 e. The highest BCUT2D eigenvalue weighted by Gasteiger charge is 2.21. The van der Waals surface area contributed by atoms with E-state index in [0.29, 0.717) is 19.1 Å². The van der Waals surface area contributed by atoms with Crippen LogP contribution in [0.2, 0.25) is 5.02 Å². The molecular weight excluding hydrogens is 320 g/mol. The molecule has 0 aromatic heterocycles. The Labute approximate surface area is 149 Å². The fourth-order valence-corrected chi connectivity index (χ4v) is 2.88. The number of halogens is 1. The van der Waals surface area contributed by atoms with Crippen molar-refractivity contribution in [2.75, 3.05) is 13.2 Å². The van der Waals surface area contributed by atoms with Gasteiger partial charge in [-0.1, -0.05) is 73.5 Å². The molecule has 0 saturated carbocycles. The number of ether oxygens (including phenoxy) is 2. The molecule has 1 fully saturated rings. The Hall–Kier alpha value is -1.61. The average Bonchev–Trinajstić information content (AvgIpc) is 2.63. The van der Waals surface area contributed by atoms with E-state index in [9.17, 15) is 0 Å². The van der Waals surface area contributed by atoms with Gasteiger partial charge in [-0.2, -0.15) is 0 Å². The molecule has 0 unspecified atom stereocenters. The van der Waals surface area contributed by atoms with Crippen LogP contribution in [0, 0.1) is 5.92 Å². The Balaban J connectivity index is 1.59. The maximum Gasteiger partial charge on any atom is 0.183 e. The van der Waals surface area contributed by atoms with E-state index in [1.165, 1.54) is 6.42 Å². The molecule has 126 valence electrons. The van der Waals surface area contributed by atoms with E-state index >= 15 is 0 Å². The lowest BCUT2D eigenvalue weighted by Crippen LogP contribution is -2.25. The zero-order valence-corrected chi connectivity index (χ0v) is 14.7. The van der Waals surface area contributed by atoms with Crippen molar-refractivity contribution in [2.45, 2.75) is 26.1 Å². The minimum atomic E-state index is -0.264. The largest absolute Gasteiger partial charge is 0.348 e. The minimum Gasteiger partial charge on any atom is -0.348 e. The van der Waals surface area contributed by atoms with E-state index < -0.39 is 0 Å². The molecule has 2 aromatic rings. The van der Waals surface area contributed by atoms with E-state index in [0.717, 1.165) is 28.1 Å². The monoisotopic (exact) mass is 342 g/mol. The van der Waals surface area contributed by atoms with Gasteiger partial charge < -0.3 is 9.47 Å². The van der Waals surface area contributed by atoms with Gasteiger partial charge in [-0.05, 0) is 29.7 Å². The fraction of sp³-hybridized carbons (Fsp3) is 0.333. The van der Waals surface area contributed by atoms with Crippen molar-refractivity contribution in [3.63, 3.8) is 0 Å². The molecule has 2 aromatic carbocycles. The predicted octanol–water partition coefficient (Wildman–Crippen LogP) is 6.02. The molecule has 1 saturated heterocycles. The summed E-state index contributed by atoms with van der Waals surface area (Å²) in [5, 5.41) is 0.752. The van der Waals surface area contributed by atoms with Crippen LogP contribution in [0.15, 0.2) is 60.7 Å². The lowest BCUT2D eigenvalue weighted by atomic mass is 10.0. The molecule has 0 atom stereocenters. The van der Waals surface area contributed by atoms with E-state index in [4.69, 9.17) is 21.1 Å². The van der Waals surface area contributed by atoms with Gasteiger partial charge in [0.05, 0.1) is 13.2 Å². The zero-order valence-electron chi connectivity index (χ0n) is 14.0. The van der Waals surface area contributed by atoms with Crippen LogP contribution in [0.5, 0.6) is 0 Å². The van der Waals surface area contributed by atoms with Gasteiger partial charge in [0, 0.05) is 16.5 Å². The molecule has 3 heteroatoms. The van der Waals surface area contributed by atoms with Gasteiger partial charge in [0.15, 0.2) is 6.29 Å².